The van der Waals surface area contributed by atoms with E-state index in [0.717, 1.165) is 105 Å². The molecule has 7 heteroatoms. The molecule has 5 nitrogen and oxygen atoms in total. The molecule has 406 valence electrons. The normalized spacial score (nSPS) is 13.5. The van der Waals surface area contributed by atoms with E-state index in [2.05, 4.69) is 184 Å². The van der Waals surface area contributed by atoms with Gasteiger partial charge < -0.3 is 19.7 Å². The number of unbranched alkanes of at least 4 members (excludes halogenated alkanes) is 4. The number of hydrogen-bond acceptors (Lipinski definition) is 6. The van der Waals surface area contributed by atoms with E-state index in [9.17, 15) is 14.4 Å². The molecule has 0 amide bonds. The third kappa shape index (κ3) is 16.5. The van der Waals surface area contributed by atoms with E-state index >= 15 is 0 Å². The van der Waals surface area contributed by atoms with E-state index in [1.807, 2.05) is 30.0 Å². The highest BCUT2D eigenvalue weighted by Crippen LogP contribution is 2.43. The van der Waals surface area contributed by atoms with Gasteiger partial charge in [0.25, 0.3) is 0 Å². The van der Waals surface area contributed by atoms with Crippen LogP contribution in [0.15, 0.2) is 194 Å². The van der Waals surface area contributed by atoms with Crippen LogP contribution in [0.1, 0.15) is 131 Å². The third-order valence-corrected chi connectivity index (χ3v) is 17.4. The van der Waals surface area contributed by atoms with E-state index < -0.39 is 10.8 Å². The zero-order valence-corrected chi connectivity index (χ0v) is 47.8. The second-order valence-electron chi connectivity index (χ2n) is 21.0. The van der Waals surface area contributed by atoms with Crippen molar-refractivity contribution < 1.29 is 23.9 Å². The lowest BCUT2D eigenvalue weighted by Crippen LogP contribution is -2.03. The molecule has 1 unspecified atom stereocenters. The summed E-state index contributed by atoms with van der Waals surface area (Å²) in [5, 5.41) is 20.3. The summed E-state index contributed by atoms with van der Waals surface area (Å²) in [7, 11) is -0.819. The Morgan fingerprint density at radius 3 is 1.39 bits per heavy atom. The highest BCUT2D eigenvalue weighted by atomic mass is 32.2. The maximum Gasteiger partial charge on any atom is 0.119 e. The van der Waals surface area contributed by atoms with Crippen LogP contribution in [0, 0.1) is 13.8 Å². The average Bonchev–Trinajstić information content (AvgIpc) is 3.89. The zero-order chi connectivity index (χ0) is 54.6. The second kappa shape index (κ2) is 29.2. The van der Waals surface area contributed by atoms with Crippen LogP contribution in [0.25, 0.3) is 22.3 Å². The number of aryl methyl sites for hydroxylation is 4. The molecule has 2 aliphatic carbocycles. The summed E-state index contributed by atoms with van der Waals surface area (Å²) < 4.78 is 24.6. The lowest BCUT2D eigenvalue weighted by Gasteiger charge is -2.17. The van der Waals surface area contributed by atoms with E-state index in [1.54, 1.807) is 6.07 Å². The molecular weight excluding hydrogens is 1010 g/mol. The minimum absolute atomic E-state index is 0.322. The van der Waals surface area contributed by atoms with Gasteiger partial charge in [-0.05, 0) is 223 Å². The van der Waals surface area contributed by atoms with Gasteiger partial charge in [-0.25, -0.2) is 0 Å². The van der Waals surface area contributed by atoms with E-state index in [0.29, 0.717) is 23.9 Å². The predicted octanol–water partition coefficient (Wildman–Crippen LogP) is 18.0. The van der Waals surface area contributed by atoms with E-state index in [4.69, 9.17) is 9.47 Å². The molecule has 0 fully saturated rings. The van der Waals surface area contributed by atoms with Crippen LogP contribution in [0.2, 0.25) is 0 Å². The lowest BCUT2D eigenvalue weighted by atomic mass is 9.88. The fourth-order valence-corrected chi connectivity index (χ4v) is 12.9. The van der Waals surface area contributed by atoms with Crippen LogP contribution in [0.4, 0.5) is 0 Å². The number of ether oxygens (including phenoxy) is 2. The van der Waals surface area contributed by atoms with Crippen LogP contribution in [0.3, 0.4) is 0 Å². The van der Waals surface area contributed by atoms with Crippen molar-refractivity contribution in [2.75, 3.05) is 24.7 Å². The smallest absolute Gasteiger partial charge is 0.119 e. The summed E-state index contributed by atoms with van der Waals surface area (Å²) in [6.45, 7) is 5.61. The number of aromatic hydroxyl groups is 2. The third-order valence-electron chi connectivity index (χ3n) is 14.9. The molecule has 79 heavy (non-hydrogen) atoms. The van der Waals surface area contributed by atoms with Gasteiger partial charge in [0.15, 0.2) is 0 Å². The monoisotopic (exact) mass is 1080 g/mol. The summed E-state index contributed by atoms with van der Waals surface area (Å²) in [4.78, 5) is 0. The predicted molar refractivity (Wildman–Crippen MR) is 334 cm³/mol. The maximum atomic E-state index is 12.4. The molecule has 2 aliphatic rings. The first-order valence-corrected chi connectivity index (χ1v) is 31.1. The Morgan fingerprint density at radius 1 is 0.456 bits per heavy atom. The zero-order valence-electron chi connectivity index (χ0n) is 46.1. The van der Waals surface area contributed by atoms with Gasteiger partial charge >= 0.3 is 0 Å². The highest BCUT2D eigenvalue weighted by Gasteiger charge is 2.22. The summed E-state index contributed by atoms with van der Waals surface area (Å²) in [5.41, 5.74) is 20.0. The molecule has 0 saturated carbocycles. The van der Waals surface area contributed by atoms with Gasteiger partial charge in [0.1, 0.15) is 23.0 Å². The second-order valence-corrected chi connectivity index (χ2v) is 23.7. The molecule has 0 aliphatic heterocycles. The van der Waals surface area contributed by atoms with Crippen molar-refractivity contribution in [2.24, 2.45) is 0 Å². The van der Waals surface area contributed by atoms with Crippen LogP contribution < -0.4 is 9.47 Å². The number of thioether (sulfide) groups is 1. The molecule has 8 aromatic carbocycles. The van der Waals surface area contributed by atoms with Crippen molar-refractivity contribution in [2.45, 2.75) is 102 Å². The Kier molecular flexibility index (Phi) is 21.0. The summed E-state index contributed by atoms with van der Waals surface area (Å²) in [5.74, 6) is 6.12. The summed E-state index contributed by atoms with van der Waals surface area (Å²) in [6.07, 6.45) is 12.4. The topological polar surface area (TPSA) is 76.0 Å². The Hall–Kier alpha value is -7.06. The Balaban J connectivity index is 0.000000192. The summed E-state index contributed by atoms with van der Waals surface area (Å²) in [6, 6.07) is 67.1. The van der Waals surface area contributed by atoms with Crippen LogP contribution in [-0.2, 0) is 35.1 Å². The highest BCUT2D eigenvalue weighted by molar-refractivity contribution is 7.98. The van der Waals surface area contributed by atoms with Crippen molar-refractivity contribution >= 4 is 44.9 Å². The van der Waals surface area contributed by atoms with Gasteiger partial charge in [0.05, 0.1) is 13.2 Å². The molecule has 1 atom stereocenters. The molecule has 0 bridgehead atoms. The van der Waals surface area contributed by atoms with Gasteiger partial charge in [-0.1, -0.05) is 157 Å². The number of hydrogen-bond donors (Lipinski definition) is 2. The van der Waals surface area contributed by atoms with Crippen LogP contribution in [-0.4, -0.2) is 39.1 Å². The van der Waals surface area contributed by atoms with E-state index in [1.165, 1.54) is 96.5 Å². The van der Waals surface area contributed by atoms with Crippen molar-refractivity contribution in [3.63, 3.8) is 0 Å². The fourth-order valence-electron chi connectivity index (χ4n) is 10.7. The standard InChI is InChI=1S/C36H38O3S.C36H38O2S/c1-27-13-15-28(16-14-27)26-40(38)24-7-3-6-23-39-33-20-17-30(18-21-33)36-34(29-9-4-2-5-10-29)12-8-11-31-25-32(37)19-22-35(31)36;1-27-13-15-28(16-14-27)26-39-24-7-3-6-23-38-33-20-17-30(18-21-33)36-34(29-9-4-2-5-10-29)12-8-11-31-25-32(37)19-22-35(31)36/h2,4-5,9-10,13-22,25,37H,3,6-8,11-12,23-24,26H2,1H3;2,4-5,9-10,13-22,25,37H,3,6-8,11-12,23-24,26H2,1H3. The minimum atomic E-state index is -0.819. The lowest BCUT2D eigenvalue weighted by molar-refractivity contribution is 0.306. The average molecular weight is 1090 g/mol. The number of benzene rings is 8. The van der Waals surface area contributed by atoms with Crippen molar-refractivity contribution in [1.82, 2.24) is 0 Å². The Bertz CT molecular complexity index is 3270. The fraction of sp³-hybridized carbons (Fsp3) is 0.278. The Morgan fingerprint density at radius 2 is 0.911 bits per heavy atom. The van der Waals surface area contributed by atoms with Gasteiger partial charge in [-0.3, -0.25) is 4.21 Å². The first-order chi connectivity index (χ1) is 38.7. The molecule has 0 spiro atoms. The minimum Gasteiger partial charge on any atom is -0.508 e. The largest absolute Gasteiger partial charge is 0.508 e. The first-order valence-electron chi connectivity index (χ1n) is 28.5. The Labute approximate surface area is 477 Å². The molecule has 2 N–H and O–H groups in total. The number of fused-ring (bicyclic) bond motifs is 2. The van der Waals surface area contributed by atoms with Gasteiger partial charge in [-0.15, -0.1) is 0 Å². The van der Waals surface area contributed by atoms with Crippen molar-refractivity contribution in [3.8, 4) is 23.0 Å². The molecule has 0 saturated heterocycles. The number of allylic oxidation sites excluding steroid dienone is 2. The summed E-state index contributed by atoms with van der Waals surface area (Å²) >= 11 is 2.02. The van der Waals surface area contributed by atoms with Crippen molar-refractivity contribution in [1.29, 1.82) is 0 Å². The quantitative estimate of drug-likeness (QED) is 0.0659. The van der Waals surface area contributed by atoms with Gasteiger partial charge in [0, 0.05) is 28.1 Å². The molecule has 8 aromatic rings. The maximum absolute atomic E-state index is 12.4. The molecular formula is C72H76O5S2. The molecule has 10 rings (SSSR count). The molecule has 0 aromatic heterocycles. The van der Waals surface area contributed by atoms with Crippen molar-refractivity contribution in [3.05, 3.63) is 261 Å². The van der Waals surface area contributed by atoms with Gasteiger partial charge in [-0.2, -0.15) is 11.8 Å². The number of phenols is 2. The number of phenolic OH excluding ortho intramolecular Hbond substituents is 2. The van der Waals surface area contributed by atoms with Gasteiger partial charge in [0.2, 0.25) is 0 Å². The van der Waals surface area contributed by atoms with Crippen LogP contribution in [0.5, 0.6) is 23.0 Å². The van der Waals surface area contributed by atoms with Crippen LogP contribution >= 0.6 is 11.8 Å². The molecule has 0 radical (unpaired) electrons. The molecule has 0 heterocycles. The van der Waals surface area contributed by atoms with E-state index in [-0.39, 0.29) is 0 Å². The SMILES string of the molecule is Cc1ccc(CS(=O)CCCCCOc2ccc(C3=C(c4ccccc4)CCCc4cc(O)ccc43)cc2)cc1.Cc1ccc(CSCCCCCOc2ccc(C3=C(c4ccccc4)CCCc4cc(O)ccc43)cc2)cc1. The first kappa shape index (κ1) is 56.7. The number of rotatable bonds is 22.